The Labute approximate surface area is 109 Å². The first-order chi connectivity index (χ1) is 9.13. The average molecular weight is 256 g/mol. The molecule has 6 nitrogen and oxygen atoms in total. The molecule has 0 aliphatic carbocycles. The number of nitrogen functional groups attached to an aromatic ring is 1. The third-order valence-corrected chi connectivity index (χ3v) is 3.09. The molecule has 0 saturated carbocycles. The predicted octanol–water partition coefficient (Wildman–Crippen LogP) is 1.26. The number of amides is 3. The van der Waals surface area contributed by atoms with Gasteiger partial charge in [-0.05, 0) is 23.6 Å². The maximum Gasteiger partial charge on any atom is 0.328 e. The molecule has 0 atom stereocenters. The number of pyridine rings is 1. The zero-order chi connectivity index (χ0) is 13.4. The van der Waals surface area contributed by atoms with Gasteiger partial charge < -0.3 is 5.73 Å². The van der Waals surface area contributed by atoms with E-state index in [0.717, 1.165) is 16.5 Å². The van der Waals surface area contributed by atoms with Crippen molar-refractivity contribution in [2.24, 2.45) is 0 Å². The number of carbonyl (C=O) groups is 2. The van der Waals surface area contributed by atoms with Crippen molar-refractivity contribution in [3.8, 4) is 0 Å². The Hall–Kier alpha value is -2.63. The van der Waals surface area contributed by atoms with Crippen LogP contribution in [0.25, 0.3) is 10.8 Å². The molecule has 1 fully saturated rings. The number of benzene rings is 1. The van der Waals surface area contributed by atoms with Crippen LogP contribution >= 0.6 is 0 Å². The number of carbonyl (C=O) groups excluding carboxylic acids is 2. The molecule has 3 rings (SSSR count). The van der Waals surface area contributed by atoms with Crippen molar-refractivity contribution in [1.29, 1.82) is 0 Å². The quantitative estimate of drug-likeness (QED) is 0.804. The van der Waals surface area contributed by atoms with Crippen molar-refractivity contribution < 1.29 is 9.59 Å². The molecule has 1 aromatic heterocycles. The third-order valence-electron chi connectivity index (χ3n) is 3.09. The SMILES string of the molecule is Nc1cc2ccc(N3CCC(=O)NC3=O)cc2cn1. The maximum absolute atomic E-state index is 11.8. The molecule has 3 amide bonds. The number of aromatic nitrogens is 1. The van der Waals surface area contributed by atoms with Crippen LogP contribution in [0, 0.1) is 0 Å². The molecule has 0 unspecified atom stereocenters. The number of hydrogen-bond donors (Lipinski definition) is 2. The number of hydrogen-bond acceptors (Lipinski definition) is 4. The first-order valence-corrected chi connectivity index (χ1v) is 5.90. The van der Waals surface area contributed by atoms with E-state index in [-0.39, 0.29) is 11.9 Å². The van der Waals surface area contributed by atoms with E-state index in [0.29, 0.717) is 18.8 Å². The molecule has 1 aromatic carbocycles. The van der Waals surface area contributed by atoms with E-state index >= 15 is 0 Å². The van der Waals surface area contributed by atoms with Gasteiger partial charge >= 0.3 is 6.03 Å². The average Bonchev–Trinajstić information content (AvgIpc) is 2.38. The smallest absolute Gasteiger partial charge is 0.328 e. The second kappa shape index (κ2) is 4.24. The van der Waals surface area contributed by atoms with Crippen molar-refractivity contribution in [2.45, 2.75) is 6.42 Å². The van der Waals surface area contributed by atoms with Gasteiger partial charge in [-0.15, -0.1) is 0 Å². The highest BCUT2D eigenvalue weighted by Crippen LogP contribution is 2.24. The summed E-state index contributed by atoms with van der Waals surface area (Å²) < 4.78 is 0. The molecular weight excluding hydrogens is 244 g/mol. The van der Waals surface area contributed by atoms with E-state index in [1.165, 1.54) is 4.90 Å². The van der Waals surface area contributed by atoms with Crippen LogP contribution in [-0.2, 0) is 4.79 Å². The molecule has 1 aliphatic rings. The van der Waals surface area contributed by atoms with Crippen molar-refractivity contribution in [3.05, 3.63) is 30.5 Å². The lowest BCUT2D eigenvalue weighted by Crippen LogP contribution is -2.49. The van der Waals surface area contributed by atoms with Crippen molar-refractivity contribution in [2.75, 3.05) is 17.2 Å². The van der Waals surface area contributed by atoms with Crippen LogP contribution in [-0.4, -0.2) is 23.5 Å². The topological polar surface area (TPSA) is 88.3 Å². The summed E-state index contributed by atoms with van der Waals surface area (Å²) in [7, 11) is 0. The van der Waals surface area contributed by atoms with Gasteiger partial charge in [0.25, 0.3) is 0 Å². The number of nitrogens with zero attached hydrogens (tertiary/aromatic N) is 2. The number of rotatable bonds is 1. The van der Waals surface area contributed by atoms with Crippen LogP contribution in [0.1, 0.15) is 6.42 Å². The molecule has 1 aliphatic heterocycles. The molecule has 1 saturated heterocycles. The molecule has 0 spiro atoms. The van der Waals surface area contributed by atoms with Crippen LogP contribution in [0.3, 0.4) is 0 Å². The van der Waals surface area contributed by atoms with Gasteiger partial charge in [-0.3, -0.25) is 15.0 Å². The minimum absolute atomic E-state index is 0.239. The molecule has 0 bridgehead atoms. The van der Waals surface area contributed by atoms with Gasteiger partial charge in [0.15, 0.2) is 0 Å². The van der Waals surface area contributed by atoms with Crippen LogP contribution < -0.4 is 16.0 Å². The molecular formula is C13H12N4O2. The summed E-state index contributed by atoms with van der Waals surface area (Å²) in [6.07, 6.45) is 1.98. The monoisotopic (exact) mass is 256 g/mol. The highest BCUT2D eigenvalue weighted by molar-refractivity contribution is 6.06. The lowest BCUT2D eigenvalue weighted by molar-refractivity contribution is -0.120. The molecule has 96 valence electrons. The van der Waals surface area contributed by atoms with E-state index in [1.54, 1.807) is 12.3 Å². The Morgan fingerprint density at radius 3 is 2.84 bits per heavy atom. The summed E-state index contributed by atoms with van der Waals surface area (Å²) in [6, 6.07) is 6.96. The van der Waals surface area contributed by atoms with E-state index in [1.807, 2.05) is 18.2 Å². The molecule has 2 aromatic rings. The molecule has 6 heteroatoms. The Bertz CT molecular complexity index is 683. The maximum atomic E-state index is 11.8. The van der Waals surface area contributed by atoms with E-state index in [9.17, 15) is 9.59 Å². The van der Waals surface area contributed by atoms with Crippen LogP contribution in [0.4, 0.5) is 16.3 Å². The normalized spacial score (nSPS) is 15.7. The summed E-state index contributed by atoms with van der Waals surface area (Å²) in [4.78, 5) is 28.4. The number of imide groups is 1. The zero-order valence-corrected chi connectivity index (χ0v) is 10.1. The first-order valence-electron chi connectivity index (χ1n) is 5.90. The Morgan fingerprint density at radius 1 is 1.21 bits per heavy atom. The van der Waals surface area contributed by atoms with Crippen LogP contribution in [0.15, 0.2) is 30.5 Å². The number of nitrogens with two attached hydrogens (primary N) is 1. The second-order valence-electron chi connectivity index (χ2n) is 4.40. The van der Waals surface area contributed by atoms with Gasteiger partial charge in [0.1, 0.15) is 5.82 Å². The van der Waals surface area contributed by atoms with Crippen molar-refractivity contribution in [3.63, 3.8) is 0 Å². The highest BCUT2D eigenvalue weighted by atomic mass is 16.2. The fraction of sp³-hybridized carbons (Fsp3) is 0.154. The second-order valence-corrected chi connectivity index (χ2v) is 4.40. The van der Waals surface area contributed by atoms with E-state index in [4.69, 9.17) is 5.73 Å². The zero-order valence-electron chi connectivity index (χ0n) is 10.1. The largest absolute Gasteiger partial charge is 0.384 e. The number of nitrogens with one attached hydrogen (secondary N) is 1. The van der Waals surface area contributed by atoms with Gasteiger partial charge in [0, 0.05) is 30.2 Å². The van der Waals surface area contributed by atoms with Gasteiger partial charge in [0.2, 0.25) is 5.91 Å². The number of anilines is 2. The summed E-state index contributed by atoms with van der Waals surface area (Å²) in [5.74, 6) is 0.220. The predicted molar refractivity (Wildman–Crippen MR) is 71.7 cm³/mol. The summed E-state index contributed by atoms with van der Waals surface area (Å²) in [5.41, 5.74) is 6.36. The van der Waals surface area contributed by atoms with E-state index in [2.05, 4.69) is 10.3 Å². The van der Waals surface area contributed by atoms with Crippen LogP contribution in [0.2, 0.25) is 0 Å². The van der Waals surface area contributed by atoms with Gasteiger partial charge in [-0.2, -0.15) is 0 Å². The summed E-state index contributed by atoms with van der Waals surface area (Å²) in [6.45, 7) is 0.387. The number of fused-ring (bicyclic) bond motifs is 1. The molecule has 0 radical (unpaired) electrons. The Morgan fingerprint density at radius 2 is 2.05 bits per heavy atom. The van der Waals surface area contributed by atoms with Gasteiger partial charge in [-0.1, -0.05) is 6.07 Å². The summed E-state index contributed by atoms with van der Waals surface area (Å²) >= 11 is 0. The molecule has 2 heterocycles. The van der Waals surface area contributed by atoms with Crippen molar-refractivity contribution in [1.82, 2.24) is 10.3 Å². The summed E-state index contributed by atoms with van der Waals surface area (Å²) in [5, 5.41) is 4.16. The fourth-order valence-corrected chi connectivity index (χ4v) is 2.12. The number of urea groups is 1. The minimum atomic E-state index is -0.390. The lowest BCUT2D eigenvalue weighted by atomic mass is 10.1. The van der Waals surface area contributed by atoms with Gasteiger partial charge in [0.05, 0.1) is 0 Å². The Balaban J connectivity index is 1.99. The highest BCUT2D eigenvalue weighted by Gasteiger charge is 2.24. The molecule has 3 N–H and O–H groups in total. The lowest BCUT2D eigenvalue weighted by Gasteiger charge is -2.26. The third kappa shape index (κ3) is 2.08. The minimum Gasteiger partial charge on any atom is -0.384 e. The van der Waals surface area contributed by atoms with Crippen molar-refractivity contribution >= 4 is 34.2 Å². The first kappa shape index (κ1) is 11.5. The van der Waals surface area contributed by atoms with Crippen LogP contribution in [0.5, 0.6) is 0 Å². The van der Waals surface area contributed by atoms with Gasteiger partial charge in [-0.25, -0.2) is 9.78 Å². The van der Waals surface area contributed by atoms with E-state index < -0.39 is 0 Å². The standard InChI is InChI=1S/C13H12N4O2/c14-11-6-8-1-2-10(5-9(8)7-15-11)17-4-3-12(18)16-13(17)19/h1-2,5-7H,3-4H2,(H2,14,15)(H,16,18,19). The molecule has 19 heavy (non-hydrogen) atoms. The Kier molecular flexibility index (Phi) is 2.56. The fourth-order valence-electron chi connectivity index (χ4n) is 2.12.